The largest absolute Gasteiger partial charge is 0.356 e. The molecule has 1 aliphatic heterocycles. The number of fused-ring (bicyclic) bond motifs is 1. The highest BCUT2D eigenvalue weighted by Crippen LogP contribution is 2.25. The molecular weight excluding hydrogens is 347 g/mol. The van der Waals surface area contributed by atoms with Crippen LogP contribution >= 0.6 is 0 Å². The average Bonchev–Trinajstić information content (AvgIpc) is 3.34. The van der Waals surface area contributed by atoms with Crippen LogP contribution in [0.3, 0.4) is 0 Å². The van der Waals surface area contributed by atoms with Gasteiger partial charge in [0.1, 0.15) is 18.0 Å². The van der Waals surface area contributed by atoms with Crippen molar-refractivity contribution in [2.75, 3.05) is 24.5 Å². The number of hydrogen-bond donors (Lipinski definition) is 1. The van der Waals surface area contributed by atoms with Crippen molar-refractivity contribution in [3.05, 3.63) is 48.2 Å². The fraction of sp³-hybridized carbons (Fsp3) is 0.368. The van der Waals surface area contributed by atoms with E-state index >= 15 is 0 Å². The summed E-state index contributed by atoms with van der Waals surface area (Å²) in [6.07, 6.45) is 5.95. The van der Waals surface area contributed by atoms with Gasteiger partial charge in [0.05, 0.1) is 24.5 Å². The number of nitrogens with one attached hydrogen (secondary N) is 1. The van der Waals surface area contributed by atoms with Crippen LogP contribution < -0.4 is 10.2 Å². The van der Waals surface area contributed by atoms with Crippen LogP contribution in [0.2, 0.25) is 0 Å². The van der Waals surface area contributed by atoms with Crippen molar-refractivity contribution < 1.29 is 9.18 Å². The molecule has 4 rings (SSSR count). The molecule has 0 spiro atoms. The minimum Gasteiger partial charge on any atom is -0.356 e. The highest BCUT2D eigenvalue weighted by Gasteiger charge is 2.18. The third-order valence-corrected chi connectivity index (χ3v) is 4.74. The fourth-order valence-corrected chi connectivity index (χ4v) is 3.38. The lowest BCUT2D eigenvalue weighted by Gasteiger charge is -2.16. The van der Waals surface area contributed by atoms with E-state index in [9.17, 15) is 9.18 Å². The van der Waals surface area contributed by atoms with Crippen LogP contribution in [-0.4, -0.2) is 45.3 Å². The molecule has 0 aliphatic carbocycles. The van der Waals surface area contributed by atoms with Gasteiger partial charge in [0.15, 0.2) is 5.65 Å². The molecular formula is C19H21FN6O. The van der Waals surface area contributed by atoms with E-state index in [4.69, 9.17) is 0 Å². The molecule has 7 nitrogen and oxygen atoms in total. The Hall–Kier alpha value is -3.03. The highest BCUT2D eigenvalue weighted by atomic mass is 19.1. The van der Waals surface area contributed by atoms with E-state index in [1.807, 2.05) is 0 Å². The van der Waals surface area contributed by atoms with Gasteiger partial charge in [0, 0.05) is 19.6 Å². The molecule has 1 fully saturated rings. The molecule has 0 saturated carbocycles. The normalized spacial score (nSPS) is 14.0. The SMILES string of the molecule is O=C(Cc1ccc(F)cc1)NCCn1ncc2c(N3CCCC3)ncnc21. The summed E-state index contributed by atoms with van der Waals surface area (Å²) in [7, 11) is 0. The topological polar surface area (TPSA) is 75.9 Å². The van der Waals surface area contributed by atoms with Crippen molar-refractivity contribution in [1.29, 1.82) is 0 Å². The van der Waals surface area contributed by atoms with Crippen molar-refractivity contribution >= 4 is 22.8 Å². The number of carbonyl (C=O) groups excluding carboxylic acids is 1. The molecule has 2 aromatic heterocycles. The maximum atomic E-state index is 12.9. The Morgan fingerprint density at radius 3 is 2.70 bits per heavy atom. The molecule has 3 aromatic rings. The minimum absolute atomic E-state index is 0.106. The first-order chi connectivity index (χ1) is 13.2. The predicted molar refractivity (Wildman–Crippen MR) is 99.9 cm³/mol. The molecule has 0 bridgehead atoms. The van der Waals surface area contributed by atoms with Crippen LogP contribution in [0, 0.1) is 5.82 Å². The average molecular weight is 368 g/mol. The van der Waals surface area contributed by atoms with Crippen LogP contribution in [0.15, 0.2) is 36.8 Å². The molecule has 0 atom stereocenters. The van der Waals surface area contributed by atoms with Gasteiger partial charge in [-0.15, -0.1) is 0 Å². The Labute approximate surface area is 156 Å². The predicted octanol–water partition coefficient (Wildman–Crippen LogP) is 1.92. The number of nitrogens with zero attached hydrogens (tertiary/aromatic N) is 5. The number of amides is 1. The van der Waals surface area contributed by atoms with Gasteiger partial charge in [-0.05, 0) is 30.5 Å². The Morgan fingerprint density at radius 2 is 1.93 bits per heavy atom. The summed E-state index contributed by atoms with van der Waals surface area (Å²) in [6, 6.07) is 5.95. The Bertz CT molecular complexity index is 933. The van der Waals surface area contributed by atoms with Crippen molar-refractivity contribution in [2.45, 2.75) is 25.8 Å². The van der Waals surface area contributed by atoms with E-state index in [0.29, 0.717) is 13.1 Å². The Kier molecular flexibility index (Phi) is 4.95. The zero-order chi connectivity index (χ0) is 18.6. The van der Waals surface area contributed by atoms with Crippen LogP contribution in [0.25, 0.3) is 11.0 Å². The lowest BCUT2D eigenvalue weighted by atomic mass is 10.1. The number of aromatic nitrogens is 4. The third kappa shape index (κ3) is 3.89. The van der Waals surface area contributed by atoms with Gasteiger partial charge in [-0.2, -0.15) is 5.10 Å². The van der Waals surface area contributed by atoms with Gasteiger partial charge in [-0.1, -0.05) is 12.1 Å². The minimum atomic E-state index is -0.306. The van der Waals surface area contributed by atoms with Gasteiger partial charge >= 0.3 is 0 Å². The number of carbonyl (C=O) groups is 1. The van der Waals surface area contributed by atoms with Gasteiger partial charge in [-0.25, -0.2) is 19.0 Å². The summed E-state index contributed by atoms with van der Waals surface area (Å²) < 4.78 is 14.7. The smallest absolute Gasteiger partial charge is 0.224 e. The second-order valence-corrected chi connectivity index (χ2v) is 6.65. The van der Waals surface area contributed by atoms with Crippen molar-refractivity contribution in [3.63, 3.8) is 0 Å². The molecule has 3 heterocycles. The van der Waals surface area contributed by atoms with Crippen LogP contribution in [0.4, 0.5) is 10.2 Å². The second-order valence-electron chi connectivity index (χ2n) is 6.65. The lowest BCUT2D eigenvalue weighted by molar-refractivity contribution is -0.120. The van der Waals surface area contributed by atoms with Gasteiger partial charge in [-0.3, -0.25) is 4.79 Å². The summed E-state index contributed by atoms with van der Waals surface area (Å²) in [5.41, 5.74) is 1.56. The zero-order valence-corrected chi connectivity index (χ0v) is 14.9. The fourth-order valence-electron chi connectivity index (χ4n) is 3.38. The Balaban J connectivity index is 1.37. The number of benzene rings is 1. The summed E-state index contributed by atoms with van der Waals surface area (Å²) in [4.78, 5) is 23.1. The number of rotatable bonds is 6. The molecule has 8 heteroatoms. The summed E-state index contributed by atoms with van der Waals surface area (Å²) in [5.74, 6) is 0.523. The van der Waals surface area contributed by atoms with E-state index in [1.165, 1.54) is 25.0 Å². The first-order valence-corrected chi connectivity index (χ1v) is 9.13. The van der Waals surface area contributed by atoms with Crippen molar-refractivity contribution in [3.8, 4) is 0 Å². The molecule has 0 radical (unpaired) electrons. The Morgan fingerprint density at radius 1 is 1.15 bits per heavy atom. The molecule has 140 valence electrons. The highest BCUT2D eigenvalue weighted by molar-refractivity contribution is 5.86. The van der Waals surface area contributed by atoms with Crippen molar-refractivity contribution in [1.82, 2.24) is 25.1 Å². The number of anilines is 1. The maximum Gasteiger partial charge on any atom is 0.224 e. The zero-order valence-electron chi connectivity index (χ0n) is 14.9. The van der Waals surface area contributed by atoms with E-state index in [1.54, 1.807) is 29.3 Å². The van der Waals surface area contributed by atoms with Crippen LogP contribution in [0.5, 0.6) is 0 Å². The van der Waals surface area contributed by atoms with E-state index in [2.05, 4.69) is 25.3 Å². The van der Waals surface area contributed by atoms with E-state index < -0.39 is 0 Å². The second kappa shape index (κ2) is 7.69. The van der Waals surface area contributed by atoms with Gasteiger partial charge < -0.3 is 10.2 Å². The monoisotopic (exact) mass is 368 g/mol. The molecule has 27 heavy (non-hydrogen) atoms. The van der Waals surface area contributed by atoms with Crippen LogP contribution in [-0.2, 0) is 17.8 Å². The van der Waals surface area contributed by atoms with Gasteiger partial charge in [0.2, 0.25) is 5.91 Å². The molecule has 1 aromatic carbocycles. The first kappa shape index (κ1) is 17.4. The summed E-state index contributed by atoms with van der Waals surface area (Å²) in [5, 5.41) is 8.23. The van der Waals surface area contributed by atoms with Crippen LogP contribution in [0.1, 0.15) is 18.4 Å². The molecule has 1 saturated heterocycles. The maximum absolute atomic E-state index is 12.9. The molecule has 1 aliphatic rings. The van der Waals surface area contributed by atoms with Gasteiger partial charge in [0.25, 0.3) is 0 Å². The first-order valence-electron chi connectivity index (χ1n) is 9.13. The molecule has 1 N–H and O–H groups in total. The standard InChI is InChI=1S/C19H21FN6O/c20-15-5-3-14(4-6-15)11-17(27)21-7-10-26-19-16(12-24-26)18(22-13-23-19)25-8-1-2-9-25/h3-6,12-13H,1-2,7-11H2,(H,21,27). The third-order valence-electron chi connectivity index (χ3n) is 4.74. The lowest BCUT2D eigenvalue weighted by Crippen LogP contribution is -2.28. The summed E-state index contributed by atoms with van der Waals surface area (Å²) >= 11 is 0. The molecule has 1 amide bonds. The number of halogens is 1. The van der Waals surface area contributed by atoms with Crippen molar-refractivity contribution in [2.24, 2.45) is 0 Å². The number of hydrogen-bond acceptors (Lipinski definition) is 5. The molecule has 0 unspecified atom stereocenters. The van der Waals surface area contributed by atoms with E-state index in [0.717, 1.165) is 35.5 Å². The summed E-state index contributed by atoms with van der Waals surface area (Å²) in [6.45, 7) is 2.99. The van der Waals surface area contributed by atoms with E-state index in [-0.39, 0.29) is 18.1 Å². The quantitative estimate of drug-likeness (QED) is 0.719.